The maximum Gasteiger partial charge on any atom is 0.252 e. The van der Waals surface area contributed by atoms with Gasteiger partial charge in [0.25, 0.3) is 5.91 Å². The van der Waals surface area contributed by atoms with Gasteiger partial charge in [-0.3, -0.25) is 4.79 Å². The normalized spacial score (nSPS) is 22.6. The Morgan fingerprint density at radius 2 is 2.25 bits per heavy atom. The Morgan fingerprint density at radius 3 is 3.00 bits per heavy atom. The number of carbonyl (C=O) groups excluding carboxylic acids is 1. The van der Waals surface area contributed by atoms with Crippen molar-refractivity contribution < 1.29 is 4.79 Å². The van der Waals surface area contributed by atoms with Gasteiger partial charge in [0.15, 0.2) is 0 Å². The van der Waals surface area contributed by atoms with Crippen LogP contribution < -0.4 is 5.32 Å². The van der Waals surface area contributed by atoms with Gasteiger partial charge in [0.2, 0.25) is 0 Å². The smallest absolute Gasteiger partial charge is 0.252 e. The Hall–Kier alpha value is -0.100. The summed E-state index contributed by atoms with van der Waals surface area (Å²) in [5.41, 5.74) is 0.761. The Kier molecular flexibility index (Phi) is 6.33. The van der Waals surface area contributed by atoms with E-state index in [0.29, 0.717) is 0 Å². The molecule has 0 saturated heterocycles. The zero-order chi connectivity index (χ0) is 14.5. The van der Waals surface area contributed by atoms with Crippen LogP contribution in [-0.2, 0) is 0 Å². The molecule has 0 aliphatic heterocycles. The van der Waals surface area contributed by atoms with Crippen molar-refractivity contribution in [2.24, 2.45) is 11.8 Å². The molecule has 0 heterocycles. The summed E-state index contributed by atoms with van der Waals surface area (Å²) < 4.78 is 1.94. The lowest BCUT2D eigenvalue weighted by atomic mass is 9.81. The van der Waals surface area contributed by atoms with Crippen LogP contribution in [0.15, 0.2) is 22.7 Å². The summed E-state index contributed by atoms with van der Waals surface area (Å²) in [6.45, 7) is 3.13. The first kappa shape index (κ1) is 16.3. The fourth-order valence-electron chi connectivity index (χ4n) is 2.98. The van der Waals surface area contributed by atoms with Gasteiger partial charge in [-0.1, -0.05) is 42.1 Å². The highest BCUT2D eigenvalue weighted by Gasteiger charge is 2.19. The van der Waals surface area contributed by atoms with Gasteiger partial charge in [-0.05, 0) is 65.5 Å². The molecule has 4 heteroatoms. The third-order valence-corrected chi connectivity index (χ3v) is 5.49. The molecular formula is C16H21BrINO. The molecule has 1 amide bonds. The minimum Gasteiger partial charge on any atom is -0.352 e. The topological polar surface area (TPSA) is 29.1 Å². The molecule has 0 bridgehead atoms. The number of carbonyl (C=O) groups is 1. The Morgan fingerprint density at radius 1 is 1.45 bits per heavy atom. The average molecular weight is 450 g/mol. The molecule has 1 fully saturated rings. The van der Waals surface area contributed by atoms with Gasteiger partial charge in [-0.2, -0.15) is 0 Å². The number of benzene rings is 1. The second kappa shape index (κ2) is 7.78. The van der Waals surface area contributed by atoms with Crippen LogP contribution in [0.4, 0.5) is 0 Å². The van der Waals surface area contributed by atoms with Crippen LogP contribution in [-0.4, -0.2) is 12.5 Å². The van der Waals surface area contributed by atoms with Gasteiger partial charge < -0.3 is 5.32 Å². The molecule has 2 unspecified atom stereocenters. The van der Waals surface area contributed by atoms with E-state index >= 15 is 0 Å². The van der Waals surface area contributed by atoms with Crippen LogP contribution in [0.25, 0.3) is 0 Å². The predicted molar refractivity (Wildman–Crippen MR) is 94.9 cm³/mol. The minimum absolute atomic E-state index is 0.0413. The average Bonchev–Trinajstić information content (AvgIpc) is 2.41. The van der Waals surface area contributed by atoms with Crippen molar-refractivity contribution in [2.75, 3.05) is 6.54 Å². The number of amides is 1. The van der Waals surface area contributed by atoms with Crippen LogP contribution in [0.1, 0.15) is 49.4 Å². The van der Waals surface area contributed by atoms with Crippen molar-refractivity contribution in [3.05, 3.63) is 31.8 Å². The summed E-state index contributed by atoms with van der Waals surface area (Å²) in [7, 11) is 0. The van der Waals surface area contributed by atoms with E-state index in [2.05, 4.69) is 50.8 Å². The van der Waals surface area contributed by atoms with E-state index < -0.39 is 0 Å². The van der Waals surface area contributed by atoms with Crippen molar-refractivity contribution >= 4 is 44.4 Å². The largest absolute Gasteiger partial charge is 0.352 e. The summed E-state index contributed by atoms with van der Waals surface area (Å²) in [5, 5.41) is 3.06. The van der Waals surface area contributed by atoms with Crippen LogP contribution >= 0.6 is 38.5 Å². The zero-order valence-electron chi connectivity index (χ0n) is 11.8. The van der Waals surface area contributed by atoms with Crippen molar-refractivity contribution in [3.63, 3.8) is 0 Å². The molecule has 2 rings (SSSR count). The van der Waals surface area contributed by atoms with E-state index in [1.54, 1.807) is 0 Å². The Bertz CT molecular complexity index is 478. The molecule has 0 aromatic heterocycles. The zero-order valence-corrected chi connectivity index (χ0v) is 15.5. The first-order valence-corrected chi connectivity index (χ1v) is 9.16. The molecule has 1 aliphatic carbocycles. The van der Waals surface area contributed by atoms with Gasteiger partial charge in [0, 0.05) is 14.6 Å². The second-order valence-corrected chi connectivity index (χ2v) is 7.88. The third kappa shape index (κ3) is 4.72. The SMILES string of the molecule is CC1CCCC(CCNC(=O)c2cc(Br)ccc2I)C1. The fourth-order valence-corrected chi connectivity index (χ4v) is 3.92. The fraction of sp³-hybridized carbons (Fsp3) is 0.562. The molecule has 1 aliphatic rings. The number of halogens is 2. The monoisotopic (exact) mass is 449 g/mol. The quantitative estimate of drug-likeness (QED) is 0.644. The van der Waals surface area contributed by atoms with Gasteiger partial charge in [0.1, 0.15) is 0 Å². The van der Waals surface area contributed by atoms with E-state index in [9.17, 15) is 4.79 Å². The highest BCUT2D eigenvalue weighted by atomic mass is 127. The molecule has 1 N–H and O–H groups in total. The summed E-state index contributed by atoms with van der Waals surface area (Å²) in [5.74, 6) is 1.69. The van der Waals surface area contributed by atoms with Gasteiger partial charge >= 0.3 is 0 Å². The lowest BCUT2D eigenvalue weighted by Crippen LogP contribution is -2.27. The van der Waals surface area contributed by atoms with Crippen molar-refractivity contribution in [1.82, 2.24) is 5.32 Å². The predicted octanol–water partition coefficient (Wildman–Crippen LogP) is 5.00. The summed E-state index contributed by atoms with van der Waals surface area (Å²) in [4.78, 5) is 12.2. The standard InChI is InChI=1S/C16H21BrINO/c1-11-3-2-4-12(9-11)7-8-19-16(20)14-10-13(17)5-6-15(14)18/h5-6,10-12H,2-4,7-9H2,1H3,(H,19,20). The molecule has 20 heavy (non-hydrogen) atoms. The highest BCUT2D eigenvalue weighted by molar-refractivity contribution is 14.1. The molecule has 1 saturated carbocycles. The van der Waals surface area contributed by atoms with E-state index in [0.717, 1.165) is 38.4 Å². The highest BCUT2D eigenvalue weighted by Crippen LogP contribution is 2.30. The summed E-state index contributed by atoms with van der Waals surface area (Å²) in [6, 6.07) is 5.81. The summed E-state index contributed by atoms with van der Waals surface area (Å²) in [6.07, 6.45) is 6.49. The van der Waals surface area contributed by atoms with Crippen LogP contribution in [0.5, 0.6) is 0 Å². The number of hydrogen-bond acceptors (Lipinski definition) is 1. The Balaban J connectivity index is 1.81. The molecular weight excluding hydrogens is 429 g/mol. The van der Waals surface area contributed by atoms with E-state index in [1.807, 2.05) is 18.2 Å². The lowest BCUT2D eigenvalue weighted by Gasteiger charge is -2.26. The van der Waals surface area contributed by atoms with Crippen molar-refractivity contribution in [3.8, 4) is 0 Å². The molecule has 110 valence electrons. The van der Waals surface area contributed by atoms with E-state index in [1.165, 1.54) is 25.7 Å². The minimum atomic E-state index is 0.0413. The van der Waals surface area contributed by atoms with Crippen molar-refractivity contribution in [1.29, 1.82) is 0 Å². The summed E-state index contributed by atoms with van der Waals surface area (Å²) >= 11 is 5.63. The van der Waals surface area contributed by atoms with Crippen LogP contribution in [0.3, 0.4) is 0 Å². The van der Waals surface area contributed by atoms with E-state index in [-0.39, 0.29) is 5.91 Å². The van der Waals surface area contributed by atoms with Gasteiger partial charge in [0.05, 0.1) is 5.56 Å². The van der Waals surface area contributed by atoms with Gasteiger partial charge in [-0.15, -0.1) is 0 Å². The van der Waals surface area contributed by atoms with E-state index in [4.69, 9.17) is 0 Å². The number of nitrogens with one attached hydrogen (secondary N) is 1. The second-order valence-electron chi connectivity index (χ2n) is 5.81. The number of hydrogen-bond donors (Lipinski definition) is 1. The third-order valence-electron chi connectivity index (χ3n) is 4.06. The van der Waals surface area contributed by atoms with Crippen molar-refractivity contribution in [2.45, 2.75) is 39.0 Å². The Labute approximate surface area is 143 Å². The first-order valence-electron chi connectivity index (χ1n) is 7.29. The maximum absolute atomic E-state index is 12.2. The lowest BCUT2D eigenvalue weighted by molar-refractivity contribution is 0.0948. The molecule has 1 aromatic rings. The molecule has 2 nitrogen and oxygen atoms in total. The number of rotatable bonds is 4. The molecule has 0 radical (unpaired) electrons. The van der Waals surface area contributed by atoms with Gasteiger partial charge in [-0.25, -0.2) is 0 Å². The van der Waals surface area contributed by atoms with Crippen LogP contribution in [0.2, 0.25) is 0 Å². The maximum atomic E-state index is 12.2. The molecule has 2 atom stereocenters. The van der Waals surface area contributed by atoms with Crippen LogP contribution in [0, 0.1) is 15.4 Å². The molecule has 0 spiro atoms. The molecule has 1 aromatic carbocycles. The first-order chi connectivity index (χ1) is 9.56.